The molecule has 2 aromatic rings. The van der Waals surface area contributed by atoms with E-state index in [4.69, 9.17) is 10.2 Å². The average Bonchev–Trinajstić information content (AvgIpc) is 2.70. The van der Waals surface area contributed by atoms with Crippen LogP contribution in [0.2, 0.25) is 0 Å². The number of hydrogen-bond acceptors (Lipinski definition) is 5. The van der Waals surface area contributed by atoms with Gasteiger partial charge in [0.25, 0.3) is 0 Å². The van der Waals surface area contributed by atoms with E-state index < -0.39 is 0 Å². The summed E-state index contributed by atoms with van der Waals surface area (Å²) in [4.78, 5) is 9.05. The van der Waals surface area contributed by atoms with Crippen molar-refractivity contribution in [2.24, 2.45) is 5.73 Å². The minimum Gasteiger partial charge on any atom is -0.440 e. The van der Waals surface area contributed by atoms with Crippen molar-refractivity contribution in [2.75, 3.05) is 6.54 Å². The van der Waals surface area contributed by atoms with Gasteiger partial charge in [-0.25, -0.2) is 4.98 Å². The maximum Gasteiger partial charge on any atom is 0.196 e. The van der Waals surface area contributed by atoms with Gasteiger partial charge < -0.3 is 10.2 Å². The lowest BCUT2D eigenvalue weighted by Gasteiger charge is -1.88. The zero-order valence-corrected chi connectivity index (χ0v) is 7.75. The van der Waals surface area contributed by atoms with Crippen LogP contribution in [-0.2, 0) is 6.42 Å². The van der Waals surface area contributed by atoms with Gasteiger partial charge in [-0.1, -0.05) is 0 Å². The van der Waals surface area contributed by atoms with Crippen molar-refractivity contribution in [3.8, 4) is 10.6 Å². The highest BCUT2D eigenvalue weighted by Gasteiger charge is 2.06. The SMILES string of the molecule is NCCc1ncc(-c2cncs2)o1. The Morgan fingerprint density at radius 3 is 3.08 bits per heavy atom. The van der Waals surface area contributed by atoms with Gasteiger partial charge in [0.05, 0.1) is 16.6 Å². The van der Waals surface area contributed by atoms with Crippen molar-refractivity contribution < 1.29 is 4.42 Å². The number of nitrogens with two attached hydrogens (primary N) is 1. The van der Waals surface area contributed by atoms with Crippen LogP contribution in [0.5, 0.6) is 0 Å². The number of oxazole rings is 1. The Hall–Kier alpha value is -1.20. The summed E-state index contributed by atoms with van der Waals surface area (Å²) < 4.78 is 5.45. The van der Waals surface area contributed by atoms with E-state index in [0.29, 0.717) is 18.9 Å². The van der Waals surface area contributed by atoms with Crippen LogP contribution in [0.1, 0.15) is 5.89 Å². The van der Waals surface area contributed by atoms with Crippen LogP contribution in [0, 0.1) is 0 Å². The molecule has 0 atom stereocenters. The second kappa shape index (κ2) is 3.68. The van der Waals surface area contributed by atoms with Crippen molar-refractivity contribution >= 4 is 11.3 Å². The monoisotopic (exact) mass is 195 g/mol. The molecule has 2 aromatic heterocycles. The van der Waals surface area contributed by atoms with Gasteiger partial charge in [0.15, 0.2) is 11.7 Å². The Bertz CT molecular complexity index is 368. The fourth-order valence-electron chi connectivity index (χ4n) is 1.00. The molecule has 0 aliphatic rings. The van der Waals surface area contributed by atoms with Gasteiger partial charge in [0, 0.05) is 19.2 Å². The molecule has 0 saturated heterocycles. The van der Waals surface area contributed by atoms with Crippen LogP contribution in [0.15, 0.2) is 22.3 Å². The molecule has 0 saturated carbocycles. The minimum atomic E-state index is 0.558. The summed E-state index contributed by atoms with van der Waals surface area (Å²) in [5, 5.41) is 0. The molecule has 0 bridgehead atoms. The van der Waals surface area contributed by atoms with E-state index >= 15 is 0 Å². The first-order valence-corrected chi connectivity index (χ1v) is 4.82. The topological polar surface area (TPSA) is 64.9 Å². The third-order valence-electron chi connectivity index (χ3n) is 1.59. The van der Waals surface area contributed by atoms with Crippen LogP contribution >= 0.6 is 11.3 Å². The third kappa shape index (κ3) is 1.76. The Balaban J connectivity index is 2.23. The van der Waals surface area contributed by atoms with Crippen molar-refractivity contribution in [1.29, 1.82) is 0 Å². The second-order valence-electron chi connectivity index (χ2n) is 2.52. The van der Waals surface area contributed by atoms with Crippen molar-refractivity contribution in [3.05, 3.63) is 23.8 Å². The quantitative estimate of drug-likeness (QED) is 0.801. The Morgan fingerprint density at radius 1 is 1.46 bits per heavy atom. The van der Waals surface area contributed by atoms with Gasteiger partial charge in [0.1, 0.15) is 0 Å². The molecule has 68 valence electrons. The van der Waals surface area contributed by atoms with Crippen LogP contribution in [0.3, 0.4) is 0 Å². The van der Waals surface area contributed by atoms with Gasteiger partial charge in [-0.2, -0.15) is 0 Å². The van der Waals surface area contributed by atoms with Crippen molar-refractivity contribution in [2.45, 2.75) is 6.42 Å². The van der Waals surface area contributed by atoms with Crippen LogP contribution < -0.4 is 5.73 Å². The standard InChI is InChI=1S/C8H9N3OS/c9-2-1-8-11-3-6(12-8)7-4-10-5-13-7/h3-5H,1-2,9H2. The van der Waals surface area contributed by atoms with Gasteiger partial charge in [-0.05, 0) is 0 Å². The van der Waals surface area contributed by atoms with E-state index in [1.807, 2.05) is 0 Å². The lowest BCUT2D eigenvalue weighted by molar-refractivity contribution is 0.509. The van der Waals surface area contributed by atoms with Gasteiger partial charge in [0.2, 0.25) is 0 Å². The molecule has 4 nitrogen and oxygen atoms in total. The molecular weight excluding hydrogens is 186 g/mol. The molecule has 0 amide bonds. The maximum absolute atomic E-state index is 5.45. The van der Waals surface area contributed by atoms with E-state index in [9.17, 15) is 0 Å². The summed E-state index contributed by atoms with van der Waals surface area (Å²) in [6.45, 7) is 0.558. The Kier molecular flexibility index (Phi) is 2.37. The first-order valence-electron chi connectivity index (χ1n) is 3.94. The first-order chi connectivity index (χ1) is 6.40. The average molecular weight is 195 g/mol. The third-order valence-corrected chi connectivity index (χ3v) is 2.37. The number of aromatic nitrogens is 2. The van der Waals surface area contributed by atoms with Crippen LogP contribution in [0.25, 0.3) is 10.6 Å². The minimum absolute atomic E-state index is 0.558. The smallest absolute Gasteiger partial charge is 0.196 e. The highest BCUT2D eigenvalue weighted by atomic mass is 32.1. The number of thiazole rings is 1. The molecule has 0 aliphatic carbocycles. The maximum atomic E-state index is 5.45. The fraction of sp³-hybridized carbons (Fsp3) is 0.250. The normalized spacial score (nSPS) is 10.5. The number of rotatable bonds is 3. The van der Waals surface area contributed by atoms with E-state index in [1.165, 1.54) is 11.3 Å². The molecule has 13 heavy (non-hydrogen) atoms. The molecule has 0 aromatic carbocycles. The lowest BCUT2D eigenvalue weighted by Crippen LogP contribution is -2.02. The largest absolute Gasteiger partial charge is 0.440 e. The fourth-order valence-corrected chi connectivity index (χ4v) is 1.57. The molecule has 2 N–H and O–H groups in total. The van der Waals surface area contributed by atoms with E-state index in [2.05, 4.69) is 9.97 Å². The van der Waals surface area contributed by atoms with Crippen LogP contribution in [-0.4, -0.2) is 16.5 Å². The summed E-state index contributed by atoms with van der Waals surface area (Å²) in [6, 6.07) is 0. The highest BCUT2D eigenvalue weighted by molar-refractivity contribution is 7.13. The number of nitrogens with zero attached hydrogens (tertiary/aromatic N) is 2. The summed E-state index contributed by atoms with van der Waals surface area (Å²) in [6.07, 6.45) is 4.15. The molecule has 0 spiro atoms. The second-order valence-corrected chi connectivity index (χ2v) is 3.41. The van der Waals surface area contributed by atoms with E-state index in [-0.39, 0.29) is 0 Å². The van der Waals surface area contributed by atoms with Gasteiger partial charge >= 0.3 is 0 Å². The van der Waals surface area contributed by atoms with E-state index in [0.717, 1.165) is 10.6 Å². The van der Waals surface area contributed by atoms with Gasteiger partial charge in [-0.15, -0.1) is 11.3 Å². The van der Waals surface area contributed by atoms with Crippen LogP contribution in [0.4, 0.5) is 0 Å². The predicted octanol–water partition coefficient (Wildman–Crippen LogP) is 1.30. The van der Waals surface area contributed by atoms with Gasteiger partial charge in [-0.3, -0.25) is 4.98 Å². The Labute approximate surface area is 79.4 Å². The zero-order chi connectivity index (χ0) is 9.10. The molecule has 0 fully saturated rings. The lowest BCUT2D eigenvalue weighted by atomic mass is 10.4. The molecule has 0 aliphatic heterocycles. The molecular formula is C8H9N3OS. The molecule has 0 unspecified atom stereocenters. The summed E-state index contributed by atoms with van der Waals surface area (Å²) >= 11 is 1.53. The molecule has 2 rings (SSSR count). The number of hydrogen-bond donors (Lipinski definition) is 1. The highest BCUT2D eigenvalue weighted by Crippen LogP contribution is 2.23. The summed E-state index contributed by atoms with van der Waals surface area (Å²) in [5.41, 5.74) is 7.14. The van der Waals surface area contributed by atoms with Crippen molar-refractivity contribution in [1.82, 2.24) is 9.97 Å². The van der Waals surface area contributed by atoms with E-state index in [1.54, 1.807) is 17.9 Å². The Morgan fingerprint density at radius 2 is 2.38 bits per heavy atom. The molecule has 0 radical (unpaired) electrons. The summed E-state index contributed by atoms with van der Waals surface area (Å²) in [7, 11) is 0. The molecule has 2 heterocycles. The zero-order valence-electron chi connectivity index (χ0n) is 6.93. The predicted molar refractivity (Wildman–Crippen MR) is 50.4 cm³/mol. The first kappa shape index (κ1) is 8.40. The summed E-state index contributed by atoms with van der Waals surface area (Å²) in [5.74, 6) is 1.46. The van der Waals surface area contributed by atoms with Crippen molar-refractivity contribution in [3.63, 3.8) is 0 Å². The molecule has 5 heteroatoms.